The number of amides is 2. The summed E-state index contributed by atoms with van der Waals surface area (Å²) in [5, 5.41) is 2.95. The molecule has 40 heavy (non-hydrogen) atoms. The number of likely N-dealkylation sites (N-methyl/N-ethyl adjacent to an activating group) is 1. The van der Waals surface area contributed by atoms with Crippen molar-refractivity contribution in [2.45, 2.75) is 19.3 Å². The van der Waals surface area contributed by atoms with Crippen molar-refractivity contribution in [1.29, 1.82) is 0 Å². The number of para-hydroxylation sites is 2. The van der Waals surface area contributed by atoms with E-state index >= 15 is 0 Å². The highest BCUT2D eigenvalue weighted by atomic mass is 35.5. The summed E-state index contributed by atoms with van der Waals surface area (Å²) in [6.07, 6.45) is 2.92. The van der Waals surface area contributed by atoms with Crippen molar-refractivity contribution >= 4 is 65.0 Å². The third-order valence-corrected chi connectivity index (χ3v) is 6.87. The van der Waals surface area contributed by atoms with Crippen LogP contribution >= 0.6 is 24.8 Å². The first-order valence-electron chi connectivity index (χ1n) is 12.8. The number of carbonyl (C=O) groups excluding carboxylic acids is 2. The van der Waals surface area contributed by atoms with Gasteiger partial charge in [-0.15, -0.1) is 24.8 Å². The van der Waals surface area contributed by atoms with E-state index < -0.39 is 0 Å². The Hall–Kier alpha value is -3.79. The van der Waals surface area contributed by atoms with Crippen LogP contribution in [0.1, 0.15) is 39.1 Å². The first-order chi connectivity index (χ1) is 18.5. The second kappa shape index (κ2) is 13.5. The number of aryl methyl sites for hydroxylation is 1. The zero-order valence-corrected chi connectivity index (χ0v) is 24.1. The molecule has 0 aliphatic carbocycles. The Labute approximate surface area is 245 Å². The average molecular weight is 586 g/mol. The number of nitrogens with zero attached hydrogens (tertiary/aromatic N) is 3. The minimum atomic E-state index is -0.353. The smallest absolute Gasteiger partial charge is 0.259 e. The standard InChI is InChI=1S/C29H32N6O3.2ClH/c1-34(17-15-30)29-32-23-11-7-10-22(26(23)33-29)31-27(36)21-14-13-20(18-25(21)38-2)28(37)35-16-6-5-9-19-8-3-4-12-24(19)35;;/h3-4,7-8,10-14,18H,5-6,9,15-17,30H2,1-2H3,(H,31,36)(H,32,33);2*1H. The lowest BCUT2D eigenvalue weighted by Gasteiger charge is -2.23. The predicted molar refractivity (Wildman–Crippen MR) is 165 cm³/mol. The van der Waals surface area contributed by atoms with Crippen LogP contribution in [-0.4, -0.2) is 55.6 Å². The van der Waals surface area contributed by atoms with E-state index in [-0.39, 0.29) is 36.6 Å². The molecule has 0 atom stereocenters. The monoisotopic (exact) mass is 584 g/mol. The molecule has 2 heterocycles. The molecular weight excluding hydrogens is 551 g/mol. The number of hydrogen-bond donors (Lipinski definition) is 3. The minimum absolute atomic E-state index is 0. The number of hydrogen-bond acceptors (Lipinski definition) is 6. The number of H-pyrrole nitrogens is 1. The van der Waals surface area contributed by atoms with Crippen LogP contribution in [0.3, 0.4) is 0 Å². The van der Waals surface area contributed by atoms with Gasteiger partial charge < -0.3 is 30.6 Å². The third-order valence-electron chi connectivity index (χ3n) is 6.87. The summed E-state index contributed by atoms with van der Waals surface area (Å²) >= 11 is 0. The van der Waals surface area contributed by atoms with Crippen molar-refractivity contribution in [1.82, 2.24) is 9.97 Å². The highest BCUT2D eigenvalue weighted by molar-refractivity contribution is 6.11. The topological polar surface area (TPSA) is 117 Å². The van der Waals surface area contributed by atoms with Crippen LogP contribution in [0.5, 0.6) is 5.75 Å². The van der Waals surface area contributed by atoms with Crippen LogP contribution in [0, 0.1) is 0 Å². The SMILES string of the molecule is COc1cc(C(=O)N2CCCCc3ccccc32)ccc1C(=O)Nc1cccc2[nH]c(N(C)CCN)nc12.Cl.Cl. The van der Waals surface area contributed by atoms with Crippen molar-refractivity contribution in [2.24, 2.45) is 5.73 Å². The molecule has 0 unspecified atom stereocenters. The van der Waals surface area contributed by atoms with E-state index in [1.54, 1.807) is 24.3 Å². The summed E-state index contributed by atoms with van der Waals surface area (Å²) in [5.74, 6) is 0.532. The highest BCUT2D eigenvalue weighted by Gasteiger charge is 2.24. The molecule has 4 N–H and O–H groups in total. The van der Waals surface area contributed by atoms with Gasteiger partial charge in [0.05, 0.1) is 23.9 Å². The van der Waals surface area contributed by atoms with Crippen molar-refractivity contribution in [3.8, 4) is 5.75 Å². The lowest BCUT2D eigenvalue weighted by Crippen LogP contribution is -2.31. The quantitative estimate of drug-likeness (QED) is 0.280. The Balaban J connectivity index is 0.00000220. The number of imidazole rings is 1. The van der Waals surface area contributed by atoms with E-state index in [4.69, 9.17) is 10.5 Å². The zero-order valence-electron chi connectivity index (χ0n) is 22.5. The van der Waals surface area contributed by atoms with Crippen molar-refractivity contribution in [2.75, 3.05) is 48.9 Å². The third kappa shape index (κ3) is 6.17. The fourth-order valence-electron chi connectivity index (χ4n) is 4.86. The van der Waals surface area contributed by atoms with Gasteiger partial charge in [0.2, 0.25) is 5.95 Å². The molecule has 2 amide bonds. The Bertz CT molecular complexity index is 1490. The van der Waals surface area contributed by atoms with Gasteiger partial charge in [0.25, 0.3) is 11.8 Å². The largest absolute Gasteiger partial charge is 0.496 e. The number of nitrogens with one attached hydrogen (secondary N) is 2. The molecule has 1 aliphatic rings. The molecule has 0 fully saturated rings. The fraction of sp³-hybridized carbons (Fsp3) is 0.276. The van der Waals surface area contributed by atoms with Crippen LogP contribution < -0.4 is 25.6 Å². The number of carbonyl (C=O) groups is 2. The van der Waals surface area contributed by atoms with Crippen molar-refractivity contribution < 1.29 is 14.3 Å². The molecule has 1 aromatic heterocycles. The summed E-state index contributed by atoms with van der Waals surface area (Å²) in [5.41, 5.74) is 10.6. The number of nitrogens with two attached hydrogens (primary N) is 1. The lowest BCUT2D eigenvalue weighted by atomic mass is 10.1. The maximum atomic E-state index is 13.6. The fourth-order valence-corrected chi connectivity index (χ4v) is 4.86. The molecule has 0 bridgehead atoms. The molecule has 0 saturated heterocycles. The van der Waals surface area contributed by atoms with Crippen LogP contribution in [0.4, 0.5) is 17.3 Å². The second-order valence-corrected chi connectivity index (χ2v) is 9.38. The van der Waals surface area contributed by atoms with E-state index in [9.17, 15) is 9.59 Å². The van der Waals surface area contributed by atoms with E-state index in [1.807, 2.05) is 47.2 Å². The summed E-state index contributed by atoms with van der Waals surface area (Å²) in [6.45, 7) is 1.79. The number of fused-ring (bicyclic) bond motifs is 2. The summed E-state index contributed by atoms with van der Waals surface area (Å²) in [4.78, 5) is 38.5. The normalized spacial score (nSPS) is 12.4. The molecule has 11 heteroatoms. The highest BCUT2D eigenvalue weighted by Crippen LogP contribution is 2.30. The van der Waals surface area contributed by atoms with Crippen LogP contribution in [0.25, 0.3) is 11.0 Å². The number of ether oxygens (including phenoxy) is 1. The molecule has 0 radical (unpaired) electrons. The zero-order chi connectivity index (χ0) is 26.6. The van der Waals surface area contributed by atoms with E-state index in [2.05, 4.69) is 21.4 Å². The summed E-state index contributed by atoms with van der Waals surface area (Å²) in [6, 6.07) is 18.5. The number of anilines is 3. The number of methoxy groups -OCH3 is 1. The van der Waals surface area contributed by atoms with Crippen molar-refractivity contribution in [3.63, 3.8) is 0 Å². The van der Waals surface area contributed by atoms with Gasteiger partial charge in [-0.3, -0.25) is 9.59 Å². The average Bonchev–Trinajstić information content (AvgIpc) is 3.27. The van der Waals surface area contributed by atoms with Gasteiger partial charge in [-0.1, -0.05) is 24.3 Å². The summed E-state index contributed by atoms with van der Waals surface area (Å²) < 4.78 is 5.55. The van der Waals surface area contributed by atoms with Gasteiger partial charge in [-0.05, 0) is 61.2 Å². The Morgan fingerprint density at radius 1 is 1.10 bits per heavy atom. The molecule has 0 spiro atoms. The molecule has 4 aromatic rings. The number of halogens is 2. The van der Waals surface area contributed by atoms with Crippen molar-refractivity contribution in [3.05, 3.63) is 77.4 Å². The van der Waals surface area contributed by atoms with E-state index in [0.29, 0.717) is 53.7 Å². The van der Waals surface area contributed by atoms with Gasteiger partial charge in [-0.2, -0.15) is 0 Å². The van der Waals surface area contributed by atoms with Gasteiger partial charge in [0, 0.05) is 37.9 Å². The molecule has 5 rings (SSSR count). The maximum absolute atomic E-state index is 13.6. The Morgan fingerprint density at radius 3 is 2.67 bits per heavy atom. The molecular formula is C29H34Cl2N6O3. The van der Waals surface area contributed by atoms with Gasteiger partial charge in [-0.25, -0.2) is 4.98 Å². The first kappa shape index (κ1) is 30.7. The number of rotatable bonds is 7. The molecule has 212 valence electrons. The predicted octanol–water partition coefficient (Wildman–Crippen LogP) is 5.05. The Kier molecular flexibility index (Phi) is 10.4. The number of aromatic nitrogens is 2. The number of benzene rings is 3. The number of aromatic amines is 1. The first-order valence-corrected chi connectivity index (χ1v) is 12.8. The summed E-state index contributed by atoms with van der Waals surface area (Å²) in [7, 11) is 3.40. The molecule has 9 nitrogen and oxygen atoms in total. The van der Waals surface area contributed by atoms with E-state index in [0.717, 1.165) is 30.5 Å². The van der Waals surface area contributed by atoms with E-state index in [1.165, 1.54) is 12.7 Å². The van der Waals surface area contributed by atoms with Crippen LogP contribution in [0.15, 0.2) is 60.7 Å². The second-order valence-electron chi connectivity index (χ2n) is 9.38. The minimum Gasteiger partial charge on any atom is -0.496 e. The molecule has 3 aromatic carbocycles. The van der Waals surface area contributed by atoms with Crippen LogP contribution in [-0.2, 0) is 6.42 Å². The van der Waals surface area contributed by atoms with Gasteiger partial charge >= 0.3 is 0 Å². The van der Waals surface area contributed by atoms with Crippen LogP contribution in [0.2, 0.25) is 0 Å². The maximum Gasteiger partial charge on any atom is 0.259 e. The van der Waals surface area contributed by atoms with Gasteiger partial charge in [0.15, 0.2) is 0 Å². The lowest BCUT2D eigenvalue weighted by molar-refractivity contribution is 0.0982. The molecule has 0 saturated carbocycles. The molecule has 1 aliphatic heterocycles. The van der Waals surface area contributed by atoms with Gasteiger partial charge in [0.1, 0.15) is 11.3 Å². The Morgan fingerprint density at radius 2 is 1.90 bits per heavy atom.